The Morgan fingerprint density at radius 1 is 1.60 bits per heavy atom. The summed E-state index contributed by atoms with van der Waals surface area (Å²) >= 11 is 0. The zero-order valence-electron chi connectivity index (χ0n) is 8.81. The molecule has 1 aliphatic heterocycles. The highest BCUT2D eigenvalue weighted by molar-refractivity contribution is 5.67. The molecule has 2 heterocycles. The summed E-state index contributed by atoms with van der Waals surface area (Å²) in [4.78, 5) is 10.6. The van der Waals surface area contributed by atoms with Crippen LogP contribution in [0.15, 0.2) is 0 Å². The predicted octanol–water partition coefficient (Wildman–Crippen LogP) is 0.878. The molecule has 15 heavy (non-hydrogen) atoms. The highest BCUT2D eigenvalue weighted by Gasteiger charge is 2.23. The molecule has 82 valence electrons. The van der Waals surface area contributed by atoms with Crippen molar-refractivity contribution in [3.8, 4) is 0 Å². The summed E-state index contributed by atoms with van der Waals surface area (Å²) < 4.78 is 2.08. The fourth-order valence-electron chi connectivity index (χ4n) is 2.13. The van der Waals surface area contributed by atoms with E-state index in [9.17, 15) is 4.79 Å². The van der Waals surface area contributed by atoms with Gasteiger partial charge in [-0.25, -0.2) is 0 Å². The zero-order chi connectivity index (χ0) is 10.8. The average Bonchev–Trinajstić information content (AvgIpc) is 2.59. The number of hydrogen-bond acceptors (Lipinski definition) is 3. The van der Waals surface area contributed by atoms with E-state index >= 15 is 0 Å². The molecule has 0 amide bonds. The van der Waals surface area contributed by atoms with Gasteiger partial charge in [0, 0.05) is 25.8 Å². The van der Waals surface area contributed by atoms with Crippen LogP contribution in [0.1, 0.15) is 31.4 Å². The number of carboxylic acid groups (broad SMARTS) is 1. The van der Waals surface area contributed by atoms with E-state index in [2.05, 4.69) is 14.8 Å². The molecule has 0 fully saturated rings. The Morgan fingerprint density at radius 2 is 2.40 bits per heavy atom. The van der Waals surface area contributed by atoms with Gasteiger partial charge in [-0.05, 0) is 12.3 Å². The van der Waals surface area contributed by atoms with Gasteiger partial charge in [-0.1, -0.05) is 6.92 Å². The summed E-state index contributed by atoms with van der Waals surface area (Å²) in [6.45, 7) is 2.80. The van der Waals surface area contributed by atoms with Crippen molar-refractivity contribution in [2.45, 2.75) is 39.2 Å². The minimum atomic E-state index is -0.713. The molecule has 1 aromatic heterocycles. The van der Waals surface area contributed by atoms with Crippen molar-refractivity contribution in [3.05, 3.63) is 11.6 Å². The number of fused-ring (bicyclic) bond motifs is 1. The van der Waals surface area contributed by atoms with Crippen LogP contribution in [0.25, 0.3) is 0 Å². The lowest BCUT2D eigenvalue weighted by Crippen LogP contribution is -2.23. The first-order valence-corrected chi connectivity index (χ1v) is 5.33. The molecule has 2 rings (SSSR count). The summed E-state index contributed by atoms with van der Waals surface area (Å²) in [6.07, 6.45) is 2.87. The number of aryl methyl sites for hydroxylation is 2. The molecule has 1 aromatic rings. The van der Waals surface area contributed by atoms with Crippen LogP contribution < -0.4 is 0 Å². The van der Waals surface area contributed by atoms with E-state index in [1.165, 1.54) is 0 Å². The normalized spacial score (nSPS) is 19.9. The highest BCUT2D eigenvalue weighted by Crippen LogP contribution is 2.22. The fourth-order valence-corrected chi connectivity index (χ4v) is 2.13. The van der Waals surface area contributed by atoms with Crippen molar-refractivity contribution in [3.63, 3.8) is 0 Å². The van der Waals surface area contributed by atoms with Crippen molar-refractivity contribution >= 4 is 5.97 Å². The van der Waals surface area contributed by atoms with Crippen molar-refractivity contribution in [2.24, 2.45) is 5.92 Å². The van der Waals surface area contributed by atoms with Gasteiger partial charge in [0.25, 0.3) is 0 Å². The summed E-state index contributed by atoms with van der Waals surface area (Å²) in [6, 6.07) is 0. The molecule has 0 bridgehead atoms. The van der Waals surface area contributed by atoms with E-state index in [0.717, 1.165) is 37.5 Å². The number of carbonyl (C=O) groups is 1. The van der Waals surface area contributed by atoms with Crippen molar-refractivity contribution in [2.75, 3.05) is 0 Å². The minimum Gasteiger partial charge on any atom is -0.481 e. The monoisotopic (exact) mass is 209 g/mol. The predicted molar refractivity (Wildman–Crippen MR) is 53.5 cm³/mol. The summed E-state index contributed by atoms with van der Waals surface area (Å²) in [7, 11) is 0. The zero-order valence-corrected chi connectivity index (χ0v) is 8.81. The van der Waals surface area contributed by atoms with Crippen LogP contribution in [-0.2, 0) is 24.2 Å². The van der Waals surface area contributed by atoms with E-state index in [4.69, 9.17) is 5.11 Å². The maximum Gasteiger partial charge on any atom is 0.303 e. The molecular formula is C10H15N3O2. The van der Waals surface area contributed by atoms with Gasteiger partial charge < -0.3 is 9.67 Å². The molecule has 1 aliphatic rings. The van der Waals surface area contributed by atoms with Gasteiger partial charge in [0.15, 0.2) is 0 Å². The molecule has 0 saturated heterocycles. The smallest absolute Gasteiger partial charge is 0.303 e. The van der Waals surface area contributed by atoms with Gasteiger partial charge in [0.2, 0.25) is 0 Å². The van der Waals surface area contributed by atoms with Gasteiger partial charge in [0.1, 0.15) is 11.6 Å². The van der Waals surface area contributed by atoms with Crippen LogP contribution >= 0.6 is 0 Å². The first-order chi connectivity index (χ1) is 7.20. The van der Waals surface area contributed by atoms with Gasteiger partial charge >= 0.3 is 5.97 Å². The maximum absolute atomic E-state index is 10.6. The number of rotatable bonds is 3. The van der Waals surface area contributed by atoms with Crippen LogP contribution in [0.5, 0.6) is 0 Å². The second-order valence-corrected chi connectivity index (χ2v) is 4.00. The van der Waals surface area contributed by atoms with Crippen LogP contribution in [0.2, 0.25) is 0 Å². The van der Waals surface area contributed by atoms with Crippen LogP contribution in [0.4, 0.5) is 0 Å². The topological polar surface area (TPSA) is 68.0 Å². The molecule has 0 aromatic carbocycles. The van der Waals surface area contributed by atoms with Gasteiger partial charge in [0.05, 0.1) is 0 Å². The van der Waals surface area contributed by atoms with Crippen LogP contribution in [-0.4, -0.2) is 25.8 Å². The molecular weight excluding hydrogens is 194 g/mol. The van der Waals surface area contributed by atoms with E-state index in [1.54, 1.807) is 0 Å². The summed E-state index contributed by atoms with van der Waals surface area (Å²) in [5.41, 5.74) is 0. The lowest BCUT2D eigenvalue weighted by atomic mass is 9.96. The number of nitrogens with zero attached hydrogens (tertiary/aromatic N) is 3. The van der Waals surface area contributed by atoms with E-state index in [-0.39, 0.29) is 12.3 Å². The Morgan fingerprint density at radius 3 is 3.07 bits per heavy atom. The number of carboxylic acids is 1. The molecule has 0 radical (unpaired) electrons. The average molecular weight is 209 g/mol. The number of aliphatic carboxylic acids is 1. The standard InChI is InChI=1S/C10H15N3O2/c1-2-8-11-12-9-4-3-7(5-10(14)15)6-13(8)9/h7H,2-6H2,1H3,(H,14,15). The lowest BCUT2D eigenvalue weighted by Gasteiger charge is -2.22. The van der Waals surface area contributed by atoms with Gasteiger partial charge in [-0.2, -0.15) is 0 Å². The highest BCUT2D eigenvalue weighted by atomic mass is 16.4. The molecule has 5 nitrogen and oxygen atoms in total. The summed E-state index contributed by atoms with van der Waals surface area (Å²) in [5, 5.41) is 17.0. The maximum atomic E-state index is 10.6. The molecule has 1 atom stereocenters. The van der Waals surface area contributed by atoms with E-state index < -0.39 is 5.97 Å². The third-order valence-corrected chi connectivity index (χ3v) is 2.90. The second kappa shape index (κ2) is 4.00. The molecule has 0 spiro atoms. The van der Waals surface area contributed by atoms with Crippen molar-refractivity contribution in [1.29, 1.82) is 0 Å². The quantitative estimate of drug-likeness (QED) is 0.802. The second-order valence-electron chi connectivity index (χ2n) is 4.00. The minimum absolute atomic E-state index is 0.233. The largest absolute Gasteiger partial charge is 0.481 e. The molecule has 1 N–H and O–H groups in total. The lowest BCUT2D eigenvalue weighted by molar-refractivity contribution is -0.138. The third kappa shape index (κ3) is 2.00. The Balaban J connectivity index is 2.13. The van der Waals surface area contributed by atoms with Crippen molar-refractivity contribution < 1.29 is 9.90 Å². The SMILES string of the molecule is CCc1nnc2n1CC(CC(=O)O)CC2. The fraction of sp³-hybridized carbons (Fsp3) is 0.700. The molecule has 0 saturated carbocycles. The molecule has 1 unspecified atom stereocenters. The summed E-state index contributed by atoms with van der Waals surface area (Å²) in [5.74, 6) is 1.50. The van der Waals surface area contributed by atoms with Gasteiger partial charge in [-0.3, -0.25) is 4.79 Å². The Hall–Kier alpha value is -1.39. The number of hydrogen-bond donors (Lipinski definition) is 1. The Kier molecular flexibility index (Phi) is 2.70. The third-order valence-electron chi connectivity index (χ3n) is 2.90. The molecule has 5 heteroatoms. The van der Waals surface area contributed by atoms with Gasteiger partial charge in [-0.15, -0.1) is 10.2 Å². The van der Waals surface area contributed by atoms with E-state index in [1.807, 2.05) is 6.92 Å². The van der Waals surface area contributed by atoms with Crippen LogP contribution in [0.3, 0.4) is 0 Å². The Labute approximate surface area is 88.1 Å². The van der Waals surface area contributed by atoms with E-state index in [0.29, 0.717) is 0 Å². The molecule has 0 aliphatic carbocycles. The first-order valence-electron chi connectivity index (χ1n) is 5.33. The first kappa shape index (κ1) is 10.1. The number of aromatic nitrogens is 3. The Bertz CT molecular complexity index is 359. The van der Waals surface area contributed by atoms with Crippen LogP contribution in [0, 0.1) is 5.92 Å². The van der Waals surface area contributed by atoms with Crippen molar-refractivity contribution in [1.82, 2.24) is 14.8 Å².